The van der Waals surface area contributed by atoms with E-state index in [9.17, 15) is 9.59 Å². The first-order valence-corrected chi connectivity index (χ1v) is 8.08. The lowest BCUT2D eigenvalue weighted by atomic mass is 9.93. The number of carbonyl (C=O) groups excluding carboxylic acids is 2. The largest absolute Gasteiger partial charge is 0.454 e. The molecule has 1 aromatic heterocycles. The maximum atomic E-state index is 11.5. The van der Waals surface area contributed by atoms with Crippen LogP contribution in [0.1, 0.15) is 35.6 Å². The highest BCUT2D eigenvalue weighted by atomic mass is 127. The second-order valence-electron chi connectivity index (χ2n) is 5.84. The van der Waals surface area contributed by atoms with Crippen molar-refractivity contribution < 1.29 is 14.0 Å². The van der Waals surface area contributed by atoms with Gasteiger partial charge in [0.15, 0.2) is 11.7 Å². The van der Waals surface area contributed by atoms with Crippen molar-refractivity contribution >= 4 is 41.8 Å². The number of piperidine rings is 1. The predicted molar refractivity (Wildman–Crippen MR) is 106 cm³/mol. The third-order valence-electron chi connectivity index (χ3n) is 4.20. The van der Waals surface area contributed by atoms with E-state index >= 15 is 0 Å². The fourth-order valence-electron chi connectivity index (χ4n) is 2.82. The summed E-state index contributed by atoms with van der Waals surface area (Å²) in [6.45, 7) is 2.14. The Hall–Kier alpha value is -1.78. The topological polar surface area (TPSA) is 113 Å². The molecule has 0 bridgehead atoms. The quantitative estimate of drug-likeness (QED) is 0.342. The summed E-state index contributed by atoms with van der Waals surface area (Å²) in [6.07, 6.45) is 2.50. The van der Waals surface area contributed by atoms with Crippen molar-refractivity contribution in [1.29, 1.82) is 0 Å². The number of primary amides is 1. The van der Waals surface area contributed by atoms with Crippen molar-refractivity contribution in [2.24, 2.45) is 16.6 Å². The number of rotatable bonds is 5. The van der Waals surface area contributed by atoms with Crippen molar-refractivity contribution in [3.05, 3.63) is 23.7 Å². The molecule has 0 spiro atoms. The van der Waals surface area contributed by atoms with Crippen molar-refractivity contribution in [3.63, 3.8) is 0 Å². The van der Waals surface area contributed by atoms with E-state index in [1.165, 1.54) is 0 Å². The lowest BCUT2D eigenvalue weighted by Gasteiger charge is -2.33. The SMILES string of the molecule is CN=C(NCc1ccc(C(N)=O)o1)N1CCC(CC(=O)NC)CC1.I. The average Bonchev–Trinajstić information content (AvgIpc) is 3.06. The van der Waals surface area contributed by atoms with Gasteiger partial charge in [0.05, 0.1) is 6.54 Å². The number of nitrogens with two attached hydrogens (primary N) is 1. The van der Waals surface area contributed by atoms with Gasteiger partial charge in [0, 0.05) is 33.6 Å². The molecule has 0 atom stereocenters. The van der Waals surface area contributed by atoms with Crippen LogP contribution < -0.4 is 16.4 Å². The van der Waals surface area contributed by atoms with Crippen LogP contribution in [0.4, 0.5) is 0 Å². The van der Waals surface area contributed by atoms with Gasteiger partial charge in [-0.15, -0.1) is 24.0 Å². The van der Waals surface area contributed by atoms with E-state index in [1.807, 2.05) is 0 Å². The van der Waals surface area contributed by atoms with E-state index < -0.39 is 5.91 Å². The molecule has 140 valence electrons. The summed E-state index contributed by atoms with van der Waals surface area (Å²) in [4.78, 5) is 28.9. The van der Waals surface area contributed by atoms with Crippen LogP contribution in [0.25, 0.3) is 0 Å². The molecule has 1 aromatic rings. The molecule has 2 rings (SSSR count). The Labute approximate surface area is 164 Å². The summed E-state index contributed by atoms with van der Waals surface area (Å²) >= 11 is 0. The van der Waals surface area contributed by atoms with E-state index in [2.05, 4.69) is 20.5 Å². The van der Waals surface area contributed by atoms with Crippen LogP contribution in [0, 0.1) is 5.92 Å². The van der Waals surface area contributed by atoms with E-state index in [0.717, 1.165) is 31.9 Å². The molecule has 0 radical (unpaired) electrons. The fourth-order valence-corrected chi connectivity index (χ4v) is 2.82. The molecule has 1 aliphatic heterocycles. The first-order valence-electron chi connectivity index (χ1n) is 8.08. The molecule has 0 aromatic carbocycles. The van der Waals surface area contributed by atoms with Crippen molar-refractivity contribution in [2.45, 2.75) is 25.8 Å². The van der Waals surface area contributed by atoms with Crippen LogP contribution in [0.2, 0.25) is 0 Å². The molecule has 2 heterocycles. The number of nitrogens with one attached hydrogen (secondary N) is 2. The lowest BCUT2D eigenvalue weighted by Crippen LogP contribution is -2.45. The Kier molecular flexibility index (Phi) is 8.73. The summed E-state index contributed by atoms with van der Waals surface area (Å²) in [5.74, 6) is 1.49. The monoisotopic (exact) mass is 463 g/mol. The highest BCUT2D eigenvalue weighted by Gasteiger charge is 2.23. The van der Waals surface area contributed by atoms with Crippen LogP contribution in [0.5, 0.6) is 0 Å². The molecule has 0 aliphatic carbocycles. The first kappa shape index (κ1) is 21.3. The molecule has 9 heteroatoms. The minimum atomic E-state index is -0.580. The molecular weight excluding hydrogens is 437 g/mol. The highest BCUT2D eigenvalue weighted by Crippen LogP contribution is 2.20. The minimum Gasteiger partial charge on any atom is -0.454 e. The van der Waals surface area contributed by atoms with Gasteiger partial charge in [-0.05, 0) is 30.9 Å². The smallest absolute Gasteiger partial charge is 0.284 e. The van der Waals surface area contributed by atoms with Gasteiger partial charge in [-0.3, -0.25) is 14.6 Å². The van der Waals surface area contributed by atoms with Crippen molar-refractivity contribution in [1.82, 2.24) is 15.5 Å². The summed E-state index contributed by atoms with van der Waals surface area (Å²) in [7, 11) is 3.40. The third kappa shape index (κ3) is 6.22. The number of hydrogen-bond donors (Lipinski definition) is 3. The zero-order valence-corrected chi connectivity index (χ0v) is 16.9. The summed E-state index contributed by atoms with van der Waals surface area (Å²) in [5.41, 5.74) is 5.17. The van der Waals surface area contributed by atoms with Gasteiger partial charge in [0.25, 0.3) is 5.91 Å². The van der Waals surface area contributed by atoms with E-state index in [1.54, 1.807) is 26.2 Å². The maximum absolute atomic E-state index is 11.5. The van der Waals surface area contributed by atoms with Crippen LogP contribution in [0.3, 0.4) is 0 Å². The Morgan fingerprint density at radius 1 is 1.36 bits per heavy atom. The third-order valence-corrected chi connectivity index (χ3v) is 4.20. The Morgan fingerprint density at radius 3 is 2.56 bits per heavy atom. The van der Waals surface area contributed by atoms with Gasteiger partial charge in [-0.2, -0.15) is 0 Å². The second kappa shape index (κ2) is 10.3. The molecule has 1 saturated heterocycles. The average molecular weight is 463 g/mol. The molecule has 25 heavy (non-hydrogen) atoms. The number of hydrogen-bond acceptors (Lipinski definition) is 4. The van der Waals surface area contributed by atoms with Gasteiger partial charge in [0.1, 0.15) is 5.76 Å². The number of carbonyl (C=O) groups is 2. The number of amides is 2. The van der Waals surface area contributed by atoms with Gasteiger partial charge in [-0.1, -0.05) is 0 Å². The molecule has 4 N–H and O–H groups in total. The van der Waals surface area contributed by atoms with Crippen LogP contribution in [0.15, 0.2) is 21.5 Å². The standard InChI is InChI=1S/C16H25N5O3.HI/c1-18-14(22)9-11-5-7-21(8-6-11)16(19-2)20-10-12-3-4-13(24-12)15(17)23;/h3-4,11H,5-10H2,1-2H3,(H2,17,23)(H,18,22)(H,19,20);1H. The number of nitrogens with zero attached hydrogens (tertiary/aromatic N) is 2. The lowest BCUT2D eigenvalue weighted by molar-refractivity contribution is -0.121. The molecule has 0 unspecified atom stereocenters. The molecule has 0 saturated carbocycles. The number of halogens is 1. The van der Waals surface area contributed by atoms with E-state index in [-0.39, 0.29) is 35.6 Å². The van der Waals surface area contributed by atoms with Crippen LogP contribution in [-0.2, 0) is 11.3 Å². The minimum absolute atomic E-state index is 0. The van der Waals surface area contributed by atoms with Gasteiger partial charge in [0.2, 0.25) is 5.91 Å². The Balaban J connectivity index is 0.00000312. The van der Waals surface area contributed by atoms with Crippen LogP contribution in [-0.4, -0.2) is 49.9 Å². The van der Waals surface area contributed by atoms with Crippen molar-refractivity contribution in [2.75, 3.05) is 27.2 Å². The Morgan fingerprint density at radius 2 is 2.04 bits per heavy atom. The fraction of sp³-hybridized carbons (Fsp3) is 0.562. The first-order chi connectivity index (χ1) is 11.5. The predicted octanol–water partition coefficient (Wildman–Crippen LogP) is 0.920. The molecule has 2 amide bonds. The zero-order valence-electron chi connectivity index (χ0n) is 14.6. The van der Waals surface area contributed by atoms with Crippen molar-refractivity contribution in [3.8, 4) is 0 Å². The Bertz CT molecular complexity index is 609. The summed E-state index contributed by atoms with van der Waals surface area (Å²) in [6, 6.07) is 3.28. The van der Waals surface area contributed by atoms with Gasteiger partial charge >= 0.3 is 0 Å². The highest BCUT2D eigenvalue weighted by molar-refractivity contribution is 14.0. The molecule has 8 nitrogen and oxygen atoms in total. The molecule has 1 aliphatic rings. The zero-order chi connectivity index (χ0) is 17.5. The van der Waals surface area contributed by atoms with Crippen LogP contribution >= 0.6 is 24.0 Å². The number of likely N-dealkylation sites (tertiary alicyclic amines) is 1. The number of guanidine groups is 1. The van der Waals surface area contributed by atoms with E-state index in [4.69, 9.17) is 10.2 Å². The summed E-state index contributed by atoms with van der Waals surface area (Å²) in [5, 5.41) is 5.90. The molecule has 1 fully saturated rings. The number of aliphatic imine (C=N–C) groups is 1. The second-order valence-corrected chi connectivity index (χ2v) is 5.84. The molecular formula is C16H26IN5O3. The maximum Gasteiger partial charge on any atom is 0.284 e. The van der Waals surface area contributed by atoms with Gasteiger partial charge < -0.3 is 25.7 Å². The number of furan rings is 1. The van der Waals surface area contributed by atoms with E-state index in [0.29, 0.717) is 24.6 Å². The summed E-state index contributed by atoms with van der Waals surface area (Å²) < 4.78 is 5.35. The van der Waals surface area contributed by atoms with Gasteiger partial charge in [-0.25, -0.2) is 0 Å². The normalized spacial score (nSPS) is 15.4.